The predicted molar refractivity (Wildman–Crippen MR) is 86.4 cm³/mol. The summed E-state index contributed by atoms with van der Waals surface area (Å²) in [7, 11) is 0. The summed E-state index contributed by atoms with van der Waals surface area (Å²) in [5, 5.41) is 7.48. The average Bonchev–Trinajstić information content (AvgIpc) is 2.90. The molecule has 0 saturated heterocycles. The quantitative estimate of drug-likeness (QED) is 0.842. The van der Waals surface area contributed by atoms with E-state index in [0.29, 0.717) is 42.6 Å². The van der Waals surface area contributed by atoms with Crippen LogP contribution < -0.4 is 11.1 Å². The normalized spacial score (nSPS) is 22.4. The molecule has 1 aromatic heterocycles. The largest absolute Gasteiger partial charge is 0.385 e. The molecule has 5 nitrogen and oxygen atoms in total. The van der Waals surface area contributed by atoms with E-state index in [1.807, 2.05) is 0 Å². The van der Waals surface area contributed by atoms with E-state index in [4.69, 9.17) is 5.73 Å². The Balaban J connectivity index is 1.72. The number of halogens is 2. The number of benzene rings is 1. The maximum Gasteiger partial charge on any atom is 0.256 e. The number of aryl methyl sites for hydroxylation is 1. The number of alkyl halides is 1. The number of carbonyl (C=O) groups is 1. The van der Waals surface area contributed by atoms with Gasteiger partial charge in [0.15, 0.2) is 0 Å². The second kappa shape index (κ2) is 5.58. The van der Waals surface area contributed by atoms with Crippen molar-refractivity contribution in [2.24, 2.45) is 0 Å². The molecule has 0 fully saturated rings. The van der Waals surface area contributed by atoms with Gasteiger partial charge in [0.1, 0.15) is 17.8 Å². The topological polar surface area (TPSA) is 72.9 Å². The Morgan fingerprint density at radius 2 is 2.21 bits per heavy atom. The van der Waals surface area contributed by atoms with Crippen LogP contribution >= 0.6 is 0 Å². The second-order valence-corrected chi connectivity index (χ2v) is 6.40. The lowest BCUT2D eigenvalue weighted by atomic mass is 9.90. The van der Waals surface area contributed by atoms with Crippen LogP contribution in [0.25, 0.3) is 0 Å². The smallest absolute Gasteiger partial charge is 0.256 e. The third-order valence-electron chi connectivity index (χ3n) is 4.87. The summed E-state index contributed by atoms with van der Waals surface area (Å²) in [6, 6.07) is 4.37. The van der Waals surface area contributed by atoms with Gasteiger partial charge in [-0.25, -0.2) is 8.78 Å². The molecule has 2 atom stereocenters. The van der Waals surface area contributed by atoms with Crippen molar-refractivity contribution < 1.29 is 13.6 Å². The Morgan fingerprint density at radius 1 is 1.38 bits per heavy atom. The zero-order valence-corrected chi connectivity index (χ0v) is 13.1. The van der Waals surface area contributed by atoms with Crippen LogP contribution in [0.3, 0.4) is 0 Å². The van der Waals surface area contributed by atoms with Crippen LogP contribution in [0.5, 0.6) is 0 Å². The molecule has 0 spiro atoms. The summed E-state index contributed by atoms with van der Waals surface area (Å²) in [4.78, 5) is 13.0. The van der Waals surface area contributed by atoms with Gasteiger partial charge in [-0.2, -0.15) is 9.78 Å². The lowest BCUT2D eigenvalue weighted by Gasteiger charge is -2.25. The second-order valence-electron chi connectivity index (χ2n) is 6.40. The van der Waals surface area contributed by atoms with Crippen molar-refractivity contribution >= 4 is 17.4 Å². The predicted octanol–water partition coefficient (Wildman–Crippen LogP) is 2.67. The summed E-state index contributed by atoms with van der Waals surface area (Å²) in [6.45, 7) is 0.614. The molecule has 3 N–H and O–H groups in total. The molecular weight excluding hydrogens is 314 g/mol. The van der Waals surface area contributed by atoms with Crippen molar-refractivity contribution in [2.45, 2.75) is 37.8 Å². The average molecular weight is 332 g/mol. The number of nitrogens with zero attached hydrogens (tertiary/aromatic N) is 2. The first-order chi connectivity index (χ1) is 11.5. The van der Waals surface area contributed by atoms with Gasteiger partial charge in [0.2, 0.25) is 0 Å². The monoisotopic (exact) mass is 332 g/mol. The van der Waals surface area contributed by atoms with Gasteiger partial charge in [0.25, 0.3) is 5.91 Å². The molecule has 1 aliphatic carbocycles. The lowest BCUT2D eigenvalue weighted by molar-refractivity contribution is 0.0859. The van der Waals surface area contributed by atoms with Gasteiger partial charge in [-0.05, 0) is 43.0 Å². The van der Waals surface area contributed by atoms with Crippen LogP contribution in [-0.4, -0.2) is 28.4 Å². The van der Waals surface area contributed by atoms with Crippen LogP contribution in [0.2, 0.25) is 0 Å². The van der Waals surface area contributed by atoms with E-state index in [9.17, 15) is 13.6 Å². The van der Waals surface area contributed by atoms with E-state index >= 15 is 0 Å². The molecule has 0 saturated carbocycles. The number of carbonyl (C=O) groups excluding carboxylic acids is 1. The number of nitrogens with two attached hydrogens (primary N) is 1. The maximum atomic E-state index is 13.6. The van der Waals surface area contributed by atoms with Crippen LogP contribution in [0.4, 0.5) is 20.3 Å². The molecule has 24 heavy (non-hydrogen) atoms. The highest BCUT2D eigenvalue weighted by Gasteiger charge is 2.32. The Kier molecular flexibility index (Phi) is 3.51. The van der Waals surface area contributed by atoms with E-state index in [1.54, 1.807) is 6.07 Å². The highest BCUT2D eigenvalue weighted by atomic mass is 19.1. The minimum atomic E-state index is -0.943. The van der Waals surface area contributed by atoms with Gasteiger partial charge in [-0.3, -0.25) is 4.79 Å². The molecule has 1 aromatic carbocycles. The Morgan fingerprint density at radius 3 is 3.04 bits per heavy atom. The third-order valence-corrected chi connectivity index (χ3v) is 4.87. The molecule has 0 radical (unpaired) electrons. The Labute approximate surface area is 137 Å². The number of hydrogen-bond donors (Lipinski definition) is 2. The van der Waals surface area contributed by atoms with Gasteiger partial charge < -0.3 is 11.1 Å². The molecule has 2 aromatic rings. The van der Waals surface area contributed by atoms with Gasteiger partial charge in [0, 0.05) is 24.2 Å². The first-order valence-electron chi connectivity index (χ1n) is 8.12. The minimum absolute atomic E-state index is 0.200. The molecule has 1 aliphatic heterocycles. The standard InChI is InChI=1S/C17H18F2N4O/c18-9-1-3-14-12(7-9)11(5-6-21-14)17(24)23-16(20)13-8-10(19)2-4-15(13)22-23/h1,3,7,10-11,21H,2,4-6,8,20H2/t10-,11?/m1/s1. The fourth-order valence-electron chi connectivity index (χ4n) is 3.61. The van der Waals surface area contributed by atoms with E-state index < -0.39 is 12.1 Å². The first-order valence-corrected chi connectivity index (χ1v) is 8.12. The summed E-state index contributed by atoms with van der Waals surface area (Å²) in [6.07, 6.45) is 0.676. The molecule has 7 heteroatoms. The molecule has 0 bridgehead atoms. The molecule has 126 valence electrons. The van der Waals surface area contributed by atoms with Crippen molar-refractivity contribution in [1.82, 2.24) is 9.78 Å². The summed E-state index contributed by atoms with van der Waals surface area (Å²) >= 11 is 0. The van der Waals surface area contributed by atoms with Crippen molar-refractivity contribution in [1.29, 1.82) is 0 Å². The van der Waals surface area contributed by atoms with E-state index in [-0.39, 0.29) is 24.0 Å². The minimum Gasteiger partial charge on any atom is -0.385 e. The number of nitrogen functional groups attached to an aromatic ring is 1. The van der Waals surface area contributed by atoms with Crippen molar-refractivity contribution in [3.05, 3.63) is 40.8 Å². The fourth-order valence-corrected chi connectivity index (χ4v) is 3.61. The van der Waals surface area contributed by atoms with Gasteiger partial charge in [-0.1, -0.05) is 0 Å². The number of anilines is 2. The highest BCUT2D eigenvalue weighted by Crippen LogP contribution is 2.35. The number of rotatable bonds is 1. The van der Waals surface area contributed by atoms with Gasteiger partial charge >= 0.3 is 0 Å². The van der Waals surface area contributed by atoms with Crippen LogP contribution in [0.1, 0.15) is 40.4 Å². The number of aromatic nitrogens is 2. The molecule has 4 rings (SSSR count). The SMILES string of the molecule is Nc1c2c(nn1C(=O)C1CCNc3ccc(F)cc31)CC[C@@H](F)C2. The lowest BCUT2D eigenvalue weighted by Crippen LogP contribution is -2.28. The Bertz CT molecular complexity index is 817. The van der Waals surface area contributed by atoms with Gasteiger partial charge in [0.05, 0.1) is 11.6 Å². The van der Waals surface area contributed by atoms with Crippen molar-refractivity contribution in [2.75, 3.05) is 17.6 Å². The molecule has 0 amide bonds. The summed E-state index contributed by atoms with van der Waals surface area (Å²) in [5.41, 5.74) is 8.76. The van der Waals surface area contributed by atoms with Crippen LogP contribution in [0, 0.1) is 5.82 Å². The van der Waals surface area contributed by atoms with E-state index in [2.05, 4.69) is 10.4 Å². The van der Waals surface area contributed by atoms with Gasteiger partial charge in [-0.15, -0.1) is 0 Å². The van der Waals surface area contributed by atoms with Crippen LogP contribution in [-0.2, 0) is 12.8 Å². The number of hydrogen-bond acceptors (Lipinski definition) is 4. The zero-order valence-electron chi connectivity index (χ0n) is 13.1. The third kappa shape index (κ3) is 2.35. The molecule has 1 unspecified atom stereocenters. The maximum absolute atomic E-state index is 13.6. The number of nitrogens with one attached hydrogen (secondary N) is 1. The summed E-state index contributed by atoms with van der Waals surface area (Å²) < 4.78 is 28.4. The van der Waals surface area contributed by atoms with Crippen molar-refractivity contribution in [3.63, 3.8) is 0 Å². The molecular formula is C17H18F2N4O. The number of fused-ring (bicyclic) bond motifs is 2. The summed E-state index contributed by atoms with van der Waals surface area (Å²) in [5.74, 6) is -0.968. The Hall–Kier alpha value is -2.44. The fraction of sp³-hybridized carbons (Fsp3) is 0.412. The zero-order chi connectivity index (χ0) is 16.8. The highest BCUT2D eigenvalue weighted by molar-refractivity contribution is 5.90. The molecule has 2 aliphatic rings. The molecule has 2 heterocycles. The van der Waals surface area contributed by atoms with E-state index in [0.717, 1.165) is 5.69 Å². The first kappa shape index (κ1) is 15.1. The van der Waals surface area contributed by atoms with E-state index in [1.165, 1.54) is 16.8 Å². The van der Waals surface area contributed by atoms with Crippen LogP contribution in [0.15, 0.2) is 18.2 Å². The van der Waals surface area contributed by atoms with Crippen molar-refractivity contribution in [3.8, 4) is 0 Å².